The predicted octanol–water partition coefficient (Wildman–Crippen LogP) is 2.77. The molecule has 1 aliphatic rings. The van der Waals surface area contributed by atoms with Crippen molar-refractivity contribution in [1.29, 1.82) is 0 Å². The van der Waals surface area contributed by atoms with Crippen LogP contribution in [0.1, 0.15) is 26.7 Å². The molecular weight excluding hydrogens is 319 g/mol. The van der Waals surface area contributed by atoms with E-state index in [-0.39, 0.29) is 6.61 Å². The maximum Gasteiger partial charge on any atom is 0.444 e. The summed E-state index contributed by atoms with van der Waals surface area (Å²) in [6.07, 6.45) is -4.79. The van der Waals surface area contributed by atoms with Gasteiger partial charge in [-0.1, -0.05) is 13.3 Å². The number of rotatable bonds is 6. The summed E-state index contributed by atoms with van der Waals surface area (Å²) >= 11 is 0. The average molecular weight is 343 g/mol. The van der Waals surface area contributed by atoms with Crippen molar-refractivity contribution in [3.8, 4) is 0 Å². The van der Waals surface area contributed by atoms with Gasteiger partial charge in [-0.25, -0.2) is 4.79 Å². The number of carbonyl (C=O) groups is 1. The zero-order chi connectivity index (χ0) is 17.2. The lowest BCUT2D eigenvalue weighted by Crippen LogP contribution is -2.59. The number of hydrogen-bond acceptors (Lipinski definition) is 5. The maximum absolute atomic E-state index is 13.5. The van der Waals surface area contributed by atoms with Gasteiger partial charge in [0, 0.05) is 0 Å². The fourth-order valence-corrected chi connectivity index (χ4v) is 3.34. The molecule has 0 aromatic heterocycles. The third-order valence-electron chi connectivity index (χ3n) is 3.07. The number of ether oxygens (including phenoxy) is 2. The third-order valence-corrected chi connectivity index (χ3v) is 3.99. The smallest absolute Gasteiger partial charge is 0.444 e. The second kappa shape index (κ2) is 6.86. The molecule has 1 saturated heterocycles. The number of alkyl halides is 3. The lowest BCUT2D eigenvalue weighted by atomic mass is 10.1. The van der Waals surface area contributed by atoms with Crippen molar-refractivity contribution >= 4 is 14.3 Å². The molecule has 0 saturated carbocycles. The molecule has 1 aliphatic heterocycles. The second-order valence-electron chi connectivity index (χ2n) is 6.29. The van der Waals surface area contributed by atoms with Crippen LogP contribution in [0.5, 0.6) is 0 Å². The highest BCUT2D eigenvalue weighted by Crippen LogP contribution is 2.43. The van der Waals surface area contributed by atoms with Crippen molar-refractivity contribution in [2.75, 3.05) is 6.61 Å². The van der Waals surface area contributed by atoms with Gasteiger partial charge in [0.05, 0.1) is 12.6 Å². The summed E-state index contributed by atoms with van der Waals surface area (Å²) < 4.78 is 55.8. The quantitative estimate of drug-likeness (QED) is 0.457. The van der Waals surface area contributed by atoms with Crippen LogP contribution >= 0.6 is 0 Å². The number of nitrogens with one attached hydrogen (secondary N) is 1. The van der Waals surface area contributed by atoms with Crippen molar-refractivity contribution < 1.29 is 31.9 Å². The highest BCUT2D eigenvalue weighted by atomic mass is 28.4. The Morgan fingerprint density at radius 2 is 1.95 bits per heavy atom. The zero-order valence-electron chi connectivity index (χ0n) is 13.5. The fourth-order valence-electron chi connectivity index (χ4n) is 2.09. The van der Waals surface area contributed by atoms with Crippen LogP contribution in [0.15, 0.2) is 0 Å². The van der Waals surface area contributed by atoms with E-state index in [1.54, 1.807) is 19.6 Å². The number of halogens is 3. The number of hydrogen-bond donors (Lipinski definition) is 1. The molecule has 0 spiro atoms. The molecular formula is C13H24F3NO4Si. The van der Waals surface area contributed by atoms with Crippen LogP contribution in [0.2, 0.25) is 19.6 Å². The Balaban J connectivity index is 2.90. The highest BCUT2D eigenvalue weighted by molar-refractivity contribution is 6.69. The molecule has 0 amide bonds. The van der Waals surface area contributed by atoms with Crippen LogP contribution in [-0.2, 0) is 18.7 Å². The minimum Gasteiger partial charge on any atom is -0.463 e. The summed E-state index contributed by atoms with van der Waals surface area (Å²) in [7, 11) is -2.58. The molecule has 1 rings (SSSR count). The Bertz CT molecular complexity index is 400. The summed E-state index contributed by atoms with van der Waals surface area (Å²) in [4.78, 5) is 11.8. The number of carbonyl (C=O) groups excluding carboxylic acids is 1. The van der Waals surface area contributed by atoms with Gasteiger partial charge in [0.1, 0.15) is 0 Å². The summed E-state index contributed by atoms with van der Waals surface area (Å²) in [5.74, 6) is -3.68. The van der Waals surface area contributed by atoms with Gasteiger partial charge in [0.2, 0.25) is 6.23 Å². The van der Waals surface area contributed by atoms with Crippen LogP contribution < -0.4 is 5.32 Å². The van der Waals surface area contributed by atoms with E-state index >= 15 is 0 Å². The third kappa shape index (κ3) is 4.43. The Kier molecular flexibility index (Phi) is 6.05. The van der Waals surface area contributed by atoms with Gasteiger partial charge in [-0.15, -0.1) is 0 Å². The van der Waals surface area contributed by atoms with Gasteiger partial charge >= 0.3 is 12.1 Å². The molecule has 2 unspecified atom stereocenters. The lowest BCUT2D eigenvalue weighted by Gasteiger charge is -2.38. The largest absolute Gasteiger partial charge is 0.463 e. The summed E-state index contributed by atoms with van der Waals surface area (Å²) in [6.45, 7) is 8.24. The van der Waals surface area contributed by atoms with Crippen LogP contribution in [0, 0.1) is 0 Å². The van der Waals surface area contributed by atoms with Gasteiger partial charge < -0.3 is 13.9 Å². The van der Waals surface area contributed by atoms with E-state index in [2.05, 4.69) is 5.32 Å². The topological polar surface area (TPSA) is 56.8 Å². The molecule has 0 bridgehead atoms. The van der Waals surface area contributed by atoms with E-state index < -0.39 is 38.5 Å². The van der Waals surface area contributed by atoms with Crippen molar-refractivity contribution in [2.24, 2.45) is 0 Å². The van der Waals surface area contributed by atoms with Crippen LogP contribution in [0.25, 0.3) is 0 Å². The molecule has 3 atom stereocenters. The molecule has 1 fully saturated rings. The molecule has 0 aliphatic carbocycles. The van der Waals surface area contributed by atoms with Gasteiger partial charge in [0.25, 0.3) is 5.79 Å². The van der Waals surface area contributed by atoms with Gasteiger partial charge in [-0.3, -0.25) is 5.32 Å². The minimum absolute atomic E-state index is 0.152. The molecule has 0 aromatic rings. The first-order chi connectivity index (χ1) is 9.93. The fraction of sp³-hybridized carbons (Fsp3) is 0.923. The Hall–Kier alpha value is -0.643. The van der Waals surface area contributed by atoms with Gasteiger partial charge in [0.15, 0.2) is 8.32 Å². The molecule has 9 heteroatoms. The normalized spacial score (nSPS) is 29.6. The lowest BCUT2D eigenvalue weighted by molar-refractivity contribution is -0.349. The first-order valence-corrected chi connectivity index (χ1v) is 10.7. The Morgan fingerprint density at radius 1 is 1.36 bits per heavy atom. The van der Waals surface area contributed by atoms with E-state index in [9.17, 15) is 18.0 Å². The Morgan fingerprint density at radius 3 is 2.41 bits per heavy atom. The van der Waals surface area contributed by atoms with Gasteiger partial charge in [-0.2, -0.15) is 13.2 Å². The van der Waals surface area contributed by atoms with Crippen molar-refractivity contribution in [3.05, 3.63) is 0 Å². The van der Waals surface area contributed by atoms with E-state index in [1.165, 1.54) is 6.92 Å². The molecule has 1 heterocycles. The zero-order valence-corrected chi connectivity index (χ0v) is 14.5. The SMILES string of the molecule is CCCCOC(=O)[C@@H]1NC(C)C(O[Si](C)(C)C)(C(F)(F)F)O1. The highest BCUT2D eigenvalue weighted by Gasteiger charge is 2.67. The molecule has 5 nitrogen and oxygen atoms in total. The van der Waals surface area contributed by atoms with Crippen LogP contribution in [-0.4, -0.2) is 45.1 Å². The van der Waals surface area contributed by atoms with Crippen LogP contribution in [0.4, 0.5) is 13.2 Å². The van der Waals surface area contributed by atoms with Gasteiger partial charge in [-0.05, 0) is 33.0 Å². The van der Waals surface area contributed by atoms with Crippen molar-refractivity contribution in [2.45, 2.75) is 70.6 Å². The van der Waals surface area contributed by atoms with Crippen molar-refractivity contribution in [3.63, 3.8) is 0 Å². The molecule has 22 heavy (non-hydrogen) atoms. The monoisotopic (exact) mass is 343 g/mol. The van der Waals surface area contributed by atoms with E-state index in [4.69, 9.17) is 13.9 Å². The molecule has 130 valence electrons. The predicted molar refractivity (Wildman–Crippen MR) is 76.6 cm³/mol. The summed E-state index contributed by atoms with van der Waals surface area (Å²) in [5.41, 5.74) is 0. The second-order valence-corrected chi connectivity index (χ2v) is 10.7. The maximum atomic E-state index is 13.5. The number of unbranched alkanes of at least 4 members (excludes halogenated alkanes) is 1. The van der Waals surface area contributed by atoms with E-state index in [0.717, 1.165) is 6.42 Å². The first kappa shape index (κ1) is 19.4. The average Bonchev–Trinajstić information content (AvgIpc) is 2.65. The number of esters is 1. The molecule has 1 N–H and O–H groups in total. The summed E-state index contributed by atoms with van der Waals surface area (Å²) in [6, 6.07) is -1.22. The van der Waals surface area contributed by atoms with E-state index in [1.807, 2.05) is 6.92 Å². The standard InChI is InChI=1S/C13H24F3NO4Si/c1-6-7-8-19-11(18)10-17-9(2)12(20-10,13(14,15)16)21-22(3,4)5/h9-10,17H,6-8H2,1-5H3/t9?,10-,12?/m1/s1. The minimum atomic E-state index is -4.77. The van der Waals surface area contributed by atoms with Crippen LogP contribution in [0.3, 0.4) is 0 Å². The molecule has 0 radical (unpaired) electrons. The van der Waals surface area contributed by atoms with E-state index in [0.29, 0.717) is 6.42 Å². The van der Waals surface area contributed by atoms with Crippen molar-refractivity contribution in [1.82, 2.24) is 5.32 Å². The molecule has 0 aromatic carbocycles. The summed E-state index contributed by atoms with van der Waals surface area (Å²) in [5, 5.41) is 2.48. The Labute approximate surface area is 129 Å². The first-order valence-electron chi connectivity index (χ1n) is 7.30.